The molecule has 1 unspecified atom stereocenters. The van der Waals surface area contributed by atoms with E-state index in [9.17, 15) is 9.59 Å². The SMILES string of the molecule is Cc1cccc(C)c1NC(=O)CNC(=O)C(C)N(C)Cc1ccc(Cl)cc1. The fourth-order valence-electron chi connectivity index (χ4n) is 2.73. The molecule has 2 rings (SSSR count). The smallest absolute Gasteiger partial charge is 0.243 e. The third-order valence-corrected chi connectivity index (χ3v) is 4.81. The van der Waals surface area contributed by atoms with Crippen LogP contribution in [-0.4, -0.2) is 36.3 Å². The van der Waals surface area contributed by atoms with Crippen LogP contribution in [0.25, 0.3) is 0 Å². The van der Waals surface area contributed by atoms with Gasteiger partial charge in [0.25, 0.3) is 0 Å². The maximum Gasteiger partial charge on any atom is 0.243 e. The highest BCUT2D eigenvalue weighted by molar-refractivity contribution is 6.30. The largest absolute Gasteiger partial charge is 0.346 e. The molecule has 6 heteroatoms. The molecule has 0 fully saturated rings. The Bertz CT molecular complexity index is 785. The van der Waals surface area contributed by atoms with Crippen LogP contribution >= 0.6 is 11.6 Å². The van der Waals surface area contributed by atoms with Crippen LogP contribution in [0.1, 0.15) is 23.6 Å². The molecule has 144 valence electrons. The number of hydrogen-bond donors (Lipinski definition) is 2. The Labute approximate surface area is 165 Å². The second kappa shape index (κ2) is 9.53. The Hall–Kier alpha value is -2.37. The third-order valence-electron chi connectivity index (χ3n) is 4.55. The zero-order valence-electron chi connectivity index (χ0n) is 16.2. The van der Waals surface area contributed by atoms with Crippen LogP contribution in [0.15, 0.2) is 42.5 Å². The number of aryl methyl sites for hydroxylation is 2. The molecule has 0 radical (unpaired) electrons. The van der Waals surface area contributed by atoms with Crippen molar-refractivity contribution in [3.8, 4) is 0 Å². The molecule has 5 nitrogen and oxygen atoms in total. The molecule has 0 aromatic heterocycles. The summed E-state index contributed by atoms with van der Waals surface area (Å²) < 4.78 is 0. The molecular formula is C21H26ClN3O2. The molecule has 0 saturated heterocycles. The van der Waals surface area contributed by atoms with Crippen LogP contribution in [0.2, 0.25) is 5.02 Å². The molecular weight excluding hydrogens is 362 g/mol. The van der Waals surface area contributed by atoms with Gasteiger partial charge in [-0.1, -0.05) is 41.9 Å². The maximum absolute atomic E-state index is 12.4. The second-order valence-electron chi connectivity index (χ2n) is 6.75. The highest BCUT2D eigenvalue weighted by atomic mass is 35.5. The number of amides is 2. The van der Waals surface area contributed by atoms with E-state index < -0.39 is 0 Å². The molecule has 0 spiro atoms. The van der Waals surface area contributed by atoms with Crippen molar-refractivity contribution in [3.05, 3.63) is 64.2 Å². The number of benzene rings is 2. The normalized spacial score (nSPS) is 11.9. The van der Waals surface area contributed by atoms with E-state index >= 15 is 0 Å². The molecule has 0 aliphatic rings. The summed E-state index contributed by atoms with van der Waals surface area (Å²) in [4.78, 5) is 26.5. The fraction of sp³-hybridized carbons (Fsp3) is 0.333. The molecule has 1 atom stereocenters. The monoisotopic (exact) mass is 387 g/mol. The number of nitrogens with one attached hydrogen (secondary N) is 2. The first-order valence-electron chi connectivity index (χ1n) is 8.86. The van der Waals surface area contributed by atoms with E-state index in [0.717, 1.165) is 22.4 Å². The van der Waals surface area contributed by atoms with Crippen LogP contribution < -0.4 is 10.6 Å². The number of anilines is 1. The first-order valence-corrected chi connectivity index (χ1v) is 9.24. The van der Waals surface area contributed by atoms with E-state index in [-0.39, 0.29) is 24.4 Å². The maximum atomic E-state index is 12.4. The minimum Gasteiger partial charge on any atom is -0.346 e. The summed E-state index contributed by atoms with van der Waals surface area (Å²) in [6, 6.07) is 13.0. The van der Waals surface area contributed by atoms with Crippen molar-refractivity contribution < 1.29 is 9.59 Å². The number of para-hydroxylation sites is 1. The summed E-state index contributed by atoms with van der Waals surface area (Å²) in [5, 5.41) is 6.25. The first-order chi connectivity index (χ1) is 12.8. The quantitative estimate of drug-likeness (QED) is 0.764. The molecule has 27 heavy (non-hydrogen) atoms. The zero-order chi connectivity index (χ0) is 20.0. The molecule has 2 amide bonds. The number of likely N-dealkylation sites (N-methyl/N-ethyl adjacent to an activating group) is 1. The van der Waals surface area contributed by atoms with Gasteiger partial charge in [0, 0.05) is 17.3 Å². The van der Waals surface area contributed by atoms with Gasteiger partial charge in [-0.3, -0.25) is 14.5 Å². The minimum atomic E-state index is -0.367. The fourth-order valence-corrected chi connectivity index (χ4v) is 2.85. The summed E-state index contributed by atoms with van der Waals surface area (Å²) in [7, 11) is 1.87. The molecule has 0 heterocycles. The average Bonchev–Trinajstić information content (AvgIpc) is 2.64. The van der Waals surface area contributed by atoms with E-state index in [4.69, 9.17) is 11.6 Å². The van der Waals surface area contributed by atoms with E-state index in [1.165, 1.54) is 0 Å². The number of nitrogens with zero attached hydrogens (tertiary/aromatic N) is 1. The standard InChI is InChI=1S/C21H26ClN3O2/c1-14-6-5-7-15(2)20(14)24-19(26)12-23-21(27)16(3)25(4)13-17-8-10-18(22)11-9-17/h5-11,16H,12-13H2,1-4H3,(H,23,27)(H,24,26). The van der Waals surface area contributed by atoms with Gasteiger partial charge < -0.3 is 10.6 Å². The van der Waals surface area contributed by atoms with Crippen LogP contribution in [0.5, 0.6) is 0 Å². The summed E-state index contributed by atoms with van der Waals surface area (Å²) in [5.41, 5.74) is 3.84. The summed E-state index contributed by atoms with van der Waals surface area (Å²) >= 11 is 5.89. The van der Waals surface area contributed by atoms with Gasteiger partial charge in [0.05, 0.1) is 12.6 Å². The van der Waals surface area contributed by atoms with Crippen LogP contribution in [0.3, 0.4) is 0 Å². The van der Waals surface area contributed by atoms with Gasteiger partial charge in [-0.15, -0.1) is 0 Å². The predicted molar refractivity (Wildman–Crippen MR) is 110 cm³/mol. The molecule has 0 aliphatic heterocycles. The van der Waals surface area contributed by atoms with Gasteiger partial charge >= 0.3 is 0 Å². The zero-order valence-corrected chi connectivity index (χ0v) is 16.9. The van der Waals surface area contributed by atoms with Crippen molar-refractivity contribution in [2.75, 3.05) is 18.9 Å². The topological polar surface area (TPSA) is 61.4 Å². The van der Waals surface area contributed by atoms with Crippen LogP contribution in [0.4, 0.5) is 5.69 Å². The predicted octanol–water partition coefficient (Wildman–Crippen LogP) is 3.53. The molecule has 2 aromatic rings. The molecule has 0 bridgehead atoms. The molecule has 2 aromatic carbocycles. The van der Waals surface area contributed by atoms with Crippen LogP contribution in [-0.2, 0) is 16.1 Å². The first kappa shape index (κ1) is 20.9. The Morgan fingerprint density at radius 2 is 1.67 bits per heavy atom. The van der Waals surface area contributed by atoms with E-state index in [2.05, 4.69) is 10.6 Å². The number of carbonyl (C=O) groups is 2. The lowest BCUT2D eigenvalue weighted by atomic mass is 10.1. The highest BCUT2D eigenvalue weighted by Gasteiger charge is 2.19. The number of halogens is 1. The number of carbonyl (C=O) groups excluding carboxylic acids is 2. The lowest BCUT2D eigenvalue weighted by Gasteiger charge is -2.24. The lowest BCUT2D eigenvalue weighted by molar-refractivity contribution is -0.127. The highest BCUT2D eigenvalue weighted by Crippen LogP contribution is 2.19. The molecule has 0 aliphatic carbocycles. The van der Waals surface area contributed by atoms with Gasteiger partial charge in [0.15, 0.2) is 0 Å². The molecule has 0 saturated carbocycles. The van der Waals surface area contributed by atoms with Crippen LogP contribution in [0, 0.1) is 13.8 Å². The second-order valence-corrected chi connectivity index (χ2v) is 7.19. The Kier molecular flexibility index (Phi) is 7.39. The minimum absolute atomic E-state index is 0.0638. The average molecular weight is 388 g/mol. The number of rotatable bonds is 7. The van der Waals surface area contributed by atoms with Gasteiger partial charge in [0.1, 0.15) is 0 Å². The Balaban J connectivity index is 1.84. The summed E-state index contributed by atoms with van der Waals surface area (Å²) in [5.74, 6) is -0.434. The Morgan fingerprint density at radius 1 is 1.07 bits per heavy atom. The summed E-state index contributed by atoms with van der Waals surface area (Å²) in [6.07, 6.45) is 0. The van der Waals surface area contributed by atoms with Crippen molar-refractivity contribution in [2.24, 2.45) is 0 Å². The number of hydrogen-bond acceptors (Lipinski definition) is 3. The van der Waals surface area contributed by atoms with Gasteiger partial charge in [-0.2, -0.15) is 0 Å². The third kappa shape index (κ3) is 6.08. The van der Waals surface area contributed by atoms with Crippen molar-refractivity contribution in [1.29, 1.82) is 0 Å². The van der Waals surface area contributed by atoms with Crippen molar-refractivity contribution in [3.63, 3.8) is 0 Å². The van der Waals surface area contributed by atoms with Crippen molar-refractivity contribution in [1.82, 2.24) is 10.2 Å². The van der Waals surface area contributed by atoms with Crippen molar-refractivity contribution >= 4 is 29.1 Å². The summed E-state index contributed by atoms with van der Waals surface area (Å²) in [6.45, 7) is 6.24. The van der Waals surface area contributed by atoms with Gasteiger partial charge in [0.2, 0.25) is 11.8 Å². The van der Waals surface area contributed by atoms with E-state index in [1.807, 2.05) is 75.2 Å². The van der Waals surface area contributed by atoms with E-state index in [1.54, 1.807) is 0 Å². The Morgan fingerprint density at radius 3 is 2.26 bits per heavy atom. The van der Waals surface area contributed by atoms with Gasteiger partial charge in [-0.05, 0) is 56.6 Å². The lowest BCUT2D eigenvalue weighted by Crippen LogP contribution is -2.45. The van der Waals surface area contributed by atoms with E-state index in [0.29, 0.717) is 11.6 Å². The molecule has 2 N–H and O–H groups in total. The van der Waals surface area contributed by atoms with Gasteiger partial charge in [-0.25, -0.2) is 0 Å². The van der Waals surface area contributed by atoms with Crippen molar-refractivity contribution in [2.45, 2.75) is 33.4 Å².